The Bertz CT molecular complexity index is 136. The van der Waals surface area contributed by atoms with Crippen molar-refractivity contribution in [3.8, 4) is 0 Å². The van der Waals surface area contributed by atoms with E-state index in [1.807, 2.05) is 6.92 Å². The van der Waals surface area contributed by atoms with Gasteiger partial charge in [0, 0.05) is 7.11 Å². The zero-order chi connectivity index (χ0) is 8.27. The van der Waals surface area contributed by atoms with Gasteiger partial charge in [-0.15, -0.1) is 0 Å². The van der Waals surface area contributed by atoms with Crippen molar-refractivity contribution in [3.05, 3.63) is 0 Å². The topological polar surface area (TPSA) is 35.5 Å². The summed E-state index contributed by atoms with van der Waals surface area (Å²) in [4.78, 5) is 11.1. The lowest BCUT2D eigenvalue weighted by atomic mass is 10.3. The van der Waals surface area contributed by atoms with E-state index in [1.54, 1.807) is 0 Å². The first-order chi connectivity index (χ1) is 5.27. The lowest BCUT2D eigenvalue weighted by Gasteiger charge is -2.11. The second-order valence-corrected chi connectivity index (χ2v) is 2.77. The van der Waals surface area contributed by atoms with E-state index in [9.17, 15) is 4.79 Å². The van der Waals surface area contributed by atoms with Crippen molar-refractivity contribution in [2.24, 2.45) is 0 Å². The van der Waals surface area contributed by atoms with Gasteiger partial charge >= 0.3 is 5.97 Å². The number of carbonyl (C=O) groups is 1. The molecule has 0 bridgehead atoms. The van der Waals surface area contributed by atoms with Gasteiger partial charge in [-0.05, 0) is 19.3 Å². The Balaban J connectivity index is 2.24. The fourth-order valence-corrected chi connectivity index (χ4v) is 0.856. The van der Waals surface area contributed by atoms with Crippen LogP contribution in [0.1, 0.15) is 26.2 Å². The van der Waals surface area contributed by atoms with Crippen LogP contribution in [0, 0.1) is 0 Å². The Labute approximate surface area is 66.7 Å². The van der Waals surface area contributed by atoms with E-state index in [1.165, 1.54) is 7.11 Å². The molecule has 0 N–H and O–H groups in total. The minimum Gasteiger partial charge on any atom is -0.460 e. The fraction of sp³-hybridized carbons (Fsp3) is 0.875. The molecule has 0 radical (unpaired) electrons. The maximum Gasteiger partial charge on any atom is 0.335 e. The molecule has 1 atom stereocenters. The third-order valence-corrected chi connectivity index (χ3v) is 1.73. The lowest BCUT2D eigenvalue weighted by molar-refractivity contribution is -0.156. The van der Waals surface area contributed by atoms with Crippen LogP contribution >= 0.6 is 0 Å². The Morgan fingerprint density at radius 3 is 2.64 bits per heavy atom. The predicted octanol–water partition coefficient (Wildman–Crippen LogP) is 1.12. The van der Waals surface area contributed by atoms with Crippen LogP contribution in [0.5, 0.6) is 0 Å². The molecular weight excluding hydrogens is 144 g/mol. The van der Waals surface area contributed by atoms with Crippen LogP contribution in [-0.2, 0) is 14.3 Å². The third-order valence-electron chi connectivity index (χ3n) is 1.73. The number of hydrogen-bond donors (Lipinski definition) is 0. The Morgan fingerprint density at radius 1 is 1.64 bits per heavy atom. The van der Waals surface area contributed by atoms with Gasteiger partial charge in [0.1, 0.15) is 6.10 Å². The molecule has 0 spiro atoms. The highest BCUT2D eigenvalue weighted by atomic mass is 16.6. The van der Waals surface area contributed by atoms with Gasteiger partial charge in [-0.2, -0.15) is 0 Å². The van der Waals surface area contributed by atoms with Crippen molar-refractivity contribution in [1.29, 1.82) is 0 Å². The van der Waals surface area contributed by atoms with Crippen molar-refractivity contribution < 1.29 is 14.3 Å². The first-order valence-electron chi connectivity index (χ1n) is 4.01. The van der Waals surface area contributed by atoms with Crippen molar-refractivity contribution in [1.82, 2.24) is 0 Å². The minimum atomic E-state index is -0.365. The summed E-state index contributed by atoms with van der Waals surface area (Å²) < 4.78 is 9.96. The van der Waals surface area contributed by atoms with Crippen LogP contribution in [0.4, 0.5) is 0 Å². The molecule has 3 heteroatoms. The van der Waals surface area contributed by atoms with Gasteiger partial charge in [0.25, 0.3) is 0 Å². The molecule has 0 saturated heterocycles. The second kappa shape index (κ2) is 3.72. The van der Waals surface area contributed by atoms with Crippen LogP contribution in [0.15, 0.2) is 0 Å². The summed E-state index contributed by atoms with van der Waals surface area (Å²) in [6, 6.07) is 0. The van der Waals surface area contributed by atoms with E-state index in [4.69, 9.17) is 9.47 Å². The van der Waals surface area contributed by atoms with Crippen molar-refractivity contribution in [2.45, 2.75) is 38.4 Å². The number of hydrogen-bond acceptors (Lipinski definition) is 3. The van der Waals surface area contributed by atoms with E-state index in [-0.39, 0.29) is 18.2 Å². The van der Waals surface area contributed by atoms with E-state index >= 15 is 0 Å². The smallest absolute Gasteiger partial charge is 0.335 e. The van der Waals surface area contributed by atoms with Gasteiger partial charge in [0.15, 0.2) is 6.10 Å². The van der Waals surface area contributed by atoms with E-state index in [2.05, 4.69) is 0 Å². The molecular formula is C8H14O3. The summed E-state index contributed by atoms with van der Waals surface area (Å²) in [5.74, 6) is -0.211. The zero-order valence-electron chi connectivity index (χ0n) is 7.00. The molecule has 1 fully saturated rings. The molecule has 0 amide bonds. The maximum absolute atomic E-state index is 11.1. The standard InChI is InChI=1S/C8H14O3/c1-3-7(10-2)8(9)11-6-4-5-6/h6-7H,3-5H2,1-2H3. The van der Waals surface area contributed by atoms with Crippen LogP contribution in [0.25, 0.3) is 0 Å². The number of rotatable bonds is 4. The van der Waals surface area contributed by atoms with Gasteiger partial charge in [0.05, 0.1) is 0 Å². The molecule has 64 valence electrons. The van der Waals surface area contributed by atoms with E-state index in [0.717, 1.165) is 12.8 Å². The summed E-state index contributed by atoms with van der Waals surface area (Å²) in [7, 11) is 1.53. The summed E-state index contributed by atoms with van der Waals surface area (Å²) >= 11 is 0. The number of methoxy groups -OCH3 is 1. The van der Waals surface area contributed by atoms with Gasteiger partial charge in [-0.3, -0.25) is 0 Å². The Kier molecular flexibility index (Phi) is 2.88. The largest absolute Gasteiger partial charge is 0.460 e. The predicted molar refractivity (Wildman–Crippen MR) is 40.2 cm³/mol. The number of ether oxygens (including phenoxy) is 2. The quantitative estimate of drug-likeness (QED) is 0.575. The van der Waals surface area contributed by atoms with E-state index in [0.29, 0.717) is 6.42 Å². The normalized spacial score (nSPS) is 19.5. The minimum absolute atomic E-state index is 0.187. The maximum atomic E-state index is 11.1. The zero-order valence-corrected chi connectivity index (χ0v) is 7.00. The average Bonchev–Trinajstić information content (AvgIpc) is 2.74. The van der Waals surface area contributed by atoms with Crippen LogP contribution in [0.3, 0.4) is 0 Å². The highest BCUT2D eigenvalue weighted by molar-refractivity contribution is 5.74. The Morgan fingerprint density at radius 2 is 2.27 bits per heavy atom. The van der Waals surface area contributed by atoms with Crippen LogP contribution < -0.4 is 0 Å². The first kappa shape index (κ1) is 8.53. The van der Waals surface area contributed by atoms with Crippen molar-refractivity contribution in [3.63, 3.8) is 0 Å². The van der Waals surface area contributed by atoms with Crippen LogP contribution in [0.2, 0.25) is 0 Å². The third kappa shape index (κ3) is 2.50. The van der Waals surface area contributed by atoms with Crippen LogP contribution in [-0.4, -0.2) is 25.3 Å². The number of carbonyl (C=O) groups excluding carboxylic acids is 1. The average molecular weight is 158 g/mol. The van der Waals surface area contributed by atoms with Gasteiger partial charge < -0.3 is 9.47 Å². The van der Waals surface area contributed by atoms with Crippen molar-refractivity contribution >= 4 is 5.97 Å². The Hall–Kier alpha value is -0.570. The summed E-state index contributed by atoms with van der Waals surface area (Å²) in [5.41, 5.74) is 0. The molecule has 1 aliphatic rings. The molecule has 1 unspecified atom stereocenters. The molecule has 3 nitrogen and oxygen atoms in total. The molecule has 0 aromatic heterocycles. The van der Waals surface area contributed by atoms with Crippen molar-refractivity contribution in [2.75, 3.05) is 7.11 Å². The molecule has 0 heterocycles. The highest BCUT2D eigenvalue weighted by Gasteiger charge is 2.28. The monoisotopic (exact) mass is 158 g/mol. The SMILES string of the molecule is CCC(OC)C(=O)OC1CC1. The summed E-state index contributed by atoms with van der Waals surface area (Å²) in [5, 5.41) is 0. The second-order valence-electron chi connectivity index (χ2n) is 2.77. The molecule has 1 aliphatic carbocycles. The number of esters is 1. The molecule has 0 aliphatic heterocycles. The first-order valence-corrected chi connectivity index (χ1v) is 4.01. The lowest BCUT2D eigenvalue weighted by Crippen LogP contribution is -2.25. The molecule has 0 aromatic carbocycles. The fourth-order valence-electron chi connectivity index (χ4n) is 0.856. The summed E-state index contributed by atoms with van der Waals surface area (Å²) in [6.45, 7) is 1.91. The molecule has 1 rings (SSSR count). The van der Waals surface area contributed by atoms with Gasteiger partial charge in [-0.25, -0.2) is 4.79 Å². The van der Waals surface area contributed by atoms with Gasteiger partial charge in [-0.1, -0.05) is 6.92 Å². The van der Waals surface area contributed by atoms with E-state index < -0.39 is 0 Å². The van der Waals surface area contributed by atoms with Gasteiger partial charge in [0.2, 0.25) is 0 Å². The highest BCUT2D eigenvalue weighted by Crippen LogP contribution is 2.24. The molecule has 11 heavy (non-hydrogen) atoms. The molecule has 0 aromatic rings. The summed E-state index contributed by atoms with van der Waals surface area (Å²) in [6.07, 6.45) is 2.54. The molecule has 1 saturated carbocycles.